The zero-order valence-corrected chi connectivity index (χ0v) is 55.2. The number of fused-ring (bicyclic) bond motifs is 2. The Morgan fingerprint density at radius 3 is 0.812 bits per heavy atom. The topological polar surface area (TPSA) is 257 Å². The first-order valence-corrected chi connectivity index (χ1v) is 33.1. The summed E-state index contributed by atoms with van der Waals surface area (Å²) in [6, 6.07) is 32.2. The molecule has 8 rings (SSSR count). The van der Waals surface area contributed by atoms with Crippen LogP contribution in [0.4, 0.5) is 0 Å². The lowest BCUT2D eigenvalue weighted by Gasteiger charge is -2.13. The lowest BCUT2D eigenvalue weighted by atomic mass is 10.1. The molecule has 0 amide bonds. The average Bonchev–Trinajstić information content (AvgIpc) is 1.18. The van der Waals surface area contributed by atoms with Gasteiger partial charge in [-0.3, -0.25) is 0 Å². The van der Waals surface area contributed by atoms with E-state index in [2.05, 4.69) is 78.8 Å². The highest BCUT2D eigenvalue weighted by molar-refractivity contribution is 5.94. The third kappa shape index (κ3) is 28.7. The molecule has 4 aromatic heterocycles. The van der Waals surface area contributed by atoms with E-state index < -0.39 is 0 Å². The molecule has 96 heavy (non-hydrogen) atoms. The second-order valence-electron chi connectivity index (χ2n) is 21.5. The van der Waals surface area contributed by atoms with Gasteiger partial charge in [0.1, 0.15) is 49.4 Å². The molecule has 26 nitrogen and oxygen atoms in total. The highest BCUT2D eigenvalue weighted by atomic mass is 16.6. The minimum absolute atomic E-state index is 0.00734. The average molecular weight is 1340 g/mol. The maximum atomic E-state index is 8.73. The summed E-state index contributed by atoms with van der Waals surface area (Å²) in [7, 11) is 0. The summed E-state index contributed by atoms with van der Waals surface area (Å²) in [6.45, 7) is 15.1. The monoisotopic (exact) mass is 1340 g/mol. The van der Waals surface area contributed by atoms with Crippen molar-refractivity contribution in [2.75, 3.05) is 198 Å². The molecule has 0 aliphatic carbocycles. The fourth-order valence-corrected chi connectivity index (χ4v) is 9.67. The molecule has 0 spiro atoms. The molecule has 4 aromatic carbocycles. The van der Waals surface area contributed by atoms with Crippen molar-refractivity contribution < 1.29 is 95.1 Å². The molecule has 0 saturated heterocycles. The van der Waals surface area contributed by atoms with Gasteiger partial charge in [0.05, 0.1) is 209 Å². The first-order valence-electron chi connectivity index (χ1n) is 33.1. The van der Waals surface area contributed by atoms with Crippen LogP contribution >= 0.6 is 0 Å². The second kappa shape index (κ2) is 46.7. The van der Waals surface area contributed by atoms with Crippen molar-refractivity contribution in [3.05, 3.63) is 146 Å². The van der Waals surface area contributed by atoms with E-state index in [4.69, 9.17) is 86.0 Å². The number of benzene rings is 4. The van der Waals surface area contributed by atoms with Crippen molar-refractivity contribution in [2.45, 2.75) is 39.0 Å². The van der Waals surface area contributed by atoms with Crippen LogP contribution in [0.15, 0.2) is 134 Å². The third-order valence-electron chi connectivity index (χ3n) is 14.5. The van der Waals surface area contributed by atoms with Gasteiger partial charge in [0.15, 0.2) is 37.9 Å². The quantitative estimate of drug-likeness (QED) is 0.0375. The van der Waals surface area contributed by atoms with E-state index in [9.17, 15) is 0 Å². The predicted octanol–water partition coefficient (Wildman–Crippen LogP) is 5.00. The Bertz CT molecular complexity index is 3090. The minimum Gasteiger partial charge on any atom is -0.491 e. The Morgan fingerprint density at radius 2 is 0.542 bits per heavy atom. The van der Waals surface area contributed by atoms with Crippen LogP contribution in [0.1, 0.15) is 11.4 Å². The lowest BCUT2D eigenvalue weighted by Crippen LogP contribution is -2.34. The summed E-state index contributed by atoms with van der Waals surface area (Å²) in [5, 5.41) is 38.6. The SMILES string of the molecule is OCCOCCOCCOCCOc1cccc2c(OCCOCCOCCOCCn3cc(CC[n+]4ccc(-c5cc[n+](CCc6cn(CCOCCOCCOCCOc7cccc8c(OCCOCCOCCOCCO)cccc78)nn6)cc5)cc4)nn3)cccc12. The van der Waals surface area contributed by atoms with Crippen LogP contribution in [-0.4, -0.2) is 238 Å². The number of pyridine rings is 2. The normalized spacial score (nSPS) is 11.6. The summed E-state index contributed by atoms with van der Waals surface area (Å²) in [6.07, 6.45) is 13.8. The fraction of sp³-hybridized carbons (Fsp3) is 0.514. The van der Waals surface area contributed by atoms with E-state index in [1.807, 2.05) is 94.6 Å². The molecule has 26 heteroatoms. The molecule has 4 heterocycles. The van der Waals surface area contributed by atoms with Crippen LogP contribution in [0.25, 0.3) is 32.7 Å². The van der Waals surface area contributed by atoms with Crippen molar-refractivity contribution in [3.63, 3.8) is 0 Å². The molecule has 0 fully saturated rings. The fourth-order valence-electron chi connectivity index (χ4n) is 9.67. The van der Waals surface area contributed by atoms with Gasteiger partial charge < -0.3 is 86.0 Å². The van der Waals surface area contributed by atoms with Crippen molar-refractivity contribution in [1.29, 1.82) is 0 Å². The molecule has 0 radical (unpaired) electrons. The molecule has 0 saturated carbocycles. The number of aliphatic hydroxyl groups is 2. The minimum atomic E-state index is 0.00734. The first-order chi connectivity index (χ1) is 47.6. The van der Waals surface area contributed by atoms with Gasteiger partial charge >= 0.3 is 0 Å². The number of hydrogen-bond donors (Lipinski definition) is 2. The number of rotatable bonds is 57. The number of ether oxygens (including phenoxy) is 16. The van der Waals surface area contributed by atoms with E-state index in [1.54, 1.807) is 0 Å². The Balaban J connectivity index is 0.581. The zero-order valence-electron chi connectivity index (χ0n) is 55.2. The molecule has 8 aromatic rings. The van der Waals surface area contributed by atoms with Gasteiger partial charge in [-0.1, -0.05) is 59.0 Å². The molecular weight excluding hydrogens is 1240 g/mol. The summed E-state index contributed by atoms with van der Waals surface area (Å²) in [5.74, 6) is 3.06. The summed E-state index contributed by atoms with van der Waals surface area (Å²) >= 11 is 0. The first kappa shape index (κ1) is 74.4. The Kier molecular flexibility index (Phi) is 36.2. The second-order valence-corrected chi connectivity index (χ2v) is 21.5. The maximum absolute atomic E-state index is 8.73. The van der Waals surface area contributed by atoms with Gasteiger partial charge in [-0.25, -0.2) is 18.5 Å². The zero-order chi connectivity index (χ0) is 66.4. The number of hydrogen-bond acceptors (Lipinski definition) is 22. The number of aromatic nitrogens is 8. The molecular formula is C70H96N8O18+2. The number of nitrogens with zero attached hydrogens (tertiary/aromatic N) is 8. The molecule has 0 unspecified atom stereocenters. The molecule has 2 N–H and O–H groups in total. The largest absolute Gasteiger partial charge is 0.491 e. The van der Waals surface area contributed by atoms with E-state index in [-0.39, 0.29) is 13.2 Å². The standard InChI is InChI=1S/C70H96N8O18/c79-27-31-83-35-39-87-43-47-91-51-55-95-69-11-3-5-63-65(69)7-1-9-67(63)93-53-49-89-45-41-85-37-33-81-29-25-77-57-61(71-73-77)17-23-75-19-13-59(14-20-75)60-15-21-76(22-16-60)24-18-62-58-78(74-72-62)26-30-82-34-38-86-42-46-90-50-54-94-68-10-2-8-66-64(68)6-4-12-70(66)96-56-52-92-48-44-88-40-36-84-32-28-80/h1-16,19-22,57-58,79-80H,17-18,23-56H2/q+2. The summed E-state index contributed by atoms with van der Waals surface area (Å²) in [5.41, 5.74) is 4.13. The van der Waals surface area contributed by atoms with Crippen LogP contribution in [0.5, 0.6) is 23.0 Å². The lowest BCUT2D eigenvalue weighted by molar-refractivity contribution is -0.696. The molecule has 0 bridgehead atoms. The Labute approximate surface area is 561 Å². The summed E-state index contributed by atoms with van der Waals surface area (Å²) in [4.78, 5) is 0. The van der Waals surface area contributed by atoms with Crippen LogP contribution in [0.2, 0.25) is 0 Å². The van der Waals surface area contributed by atoms with E-state index in [0.29, 0.717) is 198 Å². The van der Waals surface area contributed by atoms with Gasteiger partial charge in [-0.2, -0.15) is 0 Å². The molecule has 0 atom stereocenters. The van der Waals surface area contributed by atoms with Crippen LogP contribution in [0.3, 0.4) is 0 Å². The highest BCUT2D eigenvalue weighted by Gasteiger charge is 2.13. The molecule has 522 valence electrons. The van der Waals surface area contributed by atoms with E-state index >= 15 is 0 Å². The van der Waals surface area contributed by atoms with Crippen molar-refractivity contribution in [2.24, 2.45) is 0 Å². The van der Waals surface area contributed by atoms with E-state index in [1.165, 1.54) is 0 Å². The van der Waals surface area contributed by atoms with E-state index in [0.717, 1.165) is 93.0 Å². The Hall–Kier alpha value is -7.38. The maximum Gasteiger partial charge on any atom is 0.169 e. The third-order valence-corrected chi connectivity index (χ3v) is 14.5. The number of aliphatic hydroxyl groups excluding tert-OH is 2. The van der Waals surface area contributed by atoms with Crippen LogP contribution < -0.4 is 28.1 Å². The van der Waals surface area contributed by atoms with Crippen LogP contribution in [0, 0.1) is 0 Å². The van der Waals surface area contributed by atoms with Gasteiger partial charge in [-0.05, 0) is 35.4 Å². The van der Waals surface area contributed by atoms with Gasteiger partial charge in [-0.15, -0.1) is 10.2 Å². The molecule has 0 aliphatic rings. The number of aryl methyl sites for hydroxylation is 4. The van der Waals surface area contributed by atoms with Gasteiger partial charge in [0.25, 0.3) is 0 Å². The Morgan fingerprint density at radius 1 is 0.292 bits per heavy atom. The van der Waals surface area contributed by atoms with Crippen molar-refractivity contribution in [3.8, 4) is 34.1 Å². The molecule has 0 aliphatic heterocycles. The predicted molar refractivity (Wildman–Crippen MR) is 354 cm³/mol. The van der Waals surface area contributed by atoms with Crippen LogP contribution in [-0.2, 0) is 95.9 Å². The van der Waals surface area contributed by atoms with Gasteiger partial charge in [0, 0.05) is 58.2 Å². The smallest absolute Gasteiger partial charge is 0.169 e. The summed E-state index contributed by atoms with van der Waals surface area (Å²) < 4.78 is 99.0. The highest BCUT2D eigenvalue weighted by Crippen LogP contribution is 2.33. The van der Waals surface area contributed by atoms with Gasteiger partial charge in [0.2, 0.25) is 0 Å². The van der Waals surface area contributed by atoms with Crippen molar-refractivity contribution in [1.82, 2.24) is 30.0 Å². The van der Waals surface area contributed by atoms with Crippen molar-refractivity contribution >= 4 is 21.5 Å².